The lowest BCUT2D eigenvalue weighted by atomic mass is 10.0. The quantitative estimate of drug-likeness (QED) is 0.781. The Hall–Kier alpha value is -1.30. The molecule has 21 heavy (non-hydrogen) atoms. The Balaban J connectivity index is 2.51. The predicted octanol–water partition coefficient (Wildman–Crippen LogP) is 1.61. The normalized spacial score (nSPS) is 18.5. The van der Waals surface area contributed by atoms with Gasteiger partial charge in [0.1, 0.15) is 6.04 Å². The van der Waals surface area contributed by atoms with E-state index in [1.165, 1.54) is 0 Å². The zero-order chi connectivity index (χ0) is 16.0. The molecule has 0 bridgehead atoms. The number of carbonyl (C=O) groups excluding carboxylic acids is 1. The van der Waals surface area contributed by atoms with Crippen LogP contribution in [0.4, 0.5) is 4.79 Å². The Morgan fingerprint density at radius 3 is 2.33 bits per heavy atom. The van der Waals surface area contributed by atoms with E-state index in [2.05, 4.69) is 17.1 Å². The highest BCUT2D eigenvalue weighted by Gasteiger charge is 2.28. The van der Waals surface area contributed by atoms with Gasteiger partial charge in [-0.25, -0.2) is 9.59 Å². The van der Waals surface area contributed by atoms with Crippen molar-refractivity contribution in [2.45, 2.75) is 52.1 Å². The number of carboxylic acid groups (broad SMARTS) is 1. The molecule has 1 rings (SSSR count). The summed E-state index contributed by atoms with van der Waals surface area (Å²) in [4.78, 5) is 27.5. The van der Waals surface area contributed by atoms with Crippen molar-refractivity contribution in [3.05, 3.63) is 0 Å². The second-order valence-electron chi connectivity index (χ2n) is 6.25. The molecular weight excluding hydrogens is 270 g/mol. The molecule has 6 nitrogen and oxygen atoms in total. The maximum Gasteiger partial charge on any atom is 0.326 e. The van der Waals surface area contributed by atoms with Crippen LogP contribution in [0, 0.1) is 5.92 Å². The van der Waals surface area contributed by atoms with E-state index in [-0.39, 0.29) is 18.0 Å². The van der Waals surface area contributed by atoms with E-state index in [0.29, 0.717) is 6.42 Å². The van der Waals surface area contributed by atoms with Crippen molar-refractivity contribution in [2.75, 3.05) is 26.7 Å². The summed E-state index contributed by atoms with van der Waals surface area (Å²) in [5.74, 6) is -0.740. The molecule has 0 aromatic heterocycles. The SMILES string of the molecule is CCN1CCC(N(C)C(=O)N[C@@H](CC(C)C)C(=O)O)CC1. The predicted molar refractivity (Wildman–Crippen MR) is 82.3 cm³/mol. The van der Waals surface area contributed by atoms with Gasteiger partial charge in [0.15, 0.2) is 0 Å². The fourth-order valence-corrected chi connectivity index (χ4v) is 2.73. The molecule has 122 valence electrons. The number of nitrogens with one attached hydrogen (secondary N) is 1. The lowest BCUT2D eigenvalue weighted by Gasteiger charge is -2.36. The van der Waals surface area contributed by atoms with Crippen molar-refractivity contribution in [1.82, 2.24) is 15.1 Å². The molecule has 0 aliphatic carbocycles. The van der Waals surface area contributed by atoms with Crippen LogP contribution in [0.1, 0.15) is 40.0 Å². The van der Waals surface area contributed by atoms with Crippen LogP contribution >= 0.6 is 0 Å². The monoisotopic (exact) mass is 299 g/mol. The molecule has 0 radical (unpaired) electrons. The number of carbonyl (C=O) groups is 2. The summed E-state index contributed by atoms with van der Waals surface area (Å²) in [6.07, 6.45) is 2.34. The van der Waals surface area contributed by atoms with Gasteiger partial charge in [-0.3, -0.25) is 0 Å². The van der Waals surface area contributed by atoms with E-state index < -0.39 is 12.0 Å². The summed E-state index contributed by atoms with van der Waals surface area (Å²) in [6, 6.07) is -0.894. The van der Waals surface area contributed by atoms with Gasteiger partial charge in [-0.2, -0.15) is 0 Å². The molecule has 0 unspecified atom stereocenters. The molecule has 1 saturated heterocycles. The summed E-state index contributed by atoms with van der Waals surface area (Å²) in [6.45, 7) is 9.07. The lowest BCUT2D eigenvalue weighted by Crippen LogP contribution is -2.52. The van der Waals surface area contributed by atoms with Gasteiger partial charge in [-0.05, 0) is 31.7 Å². The average Bonchev–Trinajstić information content (AvgIpc) is 2.45. The van der Waals surface area contributed by atoms with Crippen LogP contribution in [0.2, 0.25) is 0 Å². The van der Waals surface area contributed by atoms with Crippen molar-refractivity contribution >= 4 is 12.0 Å². The third kappa shape index (κ3) is 5.53. The first-order valence-electron chi connectivity index (χ1n) is 7.83. The Kier molecular flexibility index (Phi) is 6.95. The van der Waals surface area contributed by atoms with Gasteiger partial charge >= 0.3 is 12.0 Å². The summed E-state index contributed by atoms with van der Waals surface area (Å²) in [5, 5.41) is 11.8. The maximum absolute atomic E-state index is 12.2. The fourth-order valence-electron chi connectivity index (χ4n) is 2.73. The highest BCUT2D eigenvalue weighted by atomic mass is 16.4. The summed E-state index contributed by atoms with van der Waals surface area (Å²) in [5.41, 5.74) is 0. The van der Waals surface area contributed by atoms with Gasteiger partial charge in [-0.15, -0.1) is 0 Å². The van der Waals surface area contributed by atoms with E-state index in [1.807, 2.05) is 13.8 Å². The summed E-state index contributed by atoms with van der Waals surface area (Å²) in [7, 11) is 1.76. The first-order valence-corrected chi connectivity index (χ1v) is 7.83. The average molecular weight is 299 g/mol. The summed E-state index contributed by atoms with van der Waals surface area (Å²) >= 11 is 0. The Labute approximate surface area is 127 Å². The highest BCUT2D eigenvalue weighted by molar-refractivity contribution is 5.82. The van der Waals surface area contributed by atoms with E-state index in [1.54, 1.807) is 11.9 Å². The summed E-state index contributed by atoms with van der Waals surface area (Å²) < 4.78 is 0. The minimum Gasteiger partial charge on any atom is -0.480 e. The second kappa shape index (κ2) is 8.22. The Morgan fingerprint density at radius 1 is 1.33 bits per heavy atom. The molecule has 1 aliphatic heterocycles. The molecular formula is C15H29N3O3. The molecule has 1 aliphatic rings. The van der Waals surface area contributed by atoms with E-state index in [0.717, 1.165) is 32.5 Å². The third-order valence-corrected chi connectivity index (χ3v) is 4.18. The Morgan fingerprint density at radius 2 is 1.90 bits per heavy atom. The van der Waals surface area contributed by atoms with Gasteiger partial charge in [0.2, 0.25) is 0 Å². The van der Waals surface area contributed by atoms with Crippen molar-refractivity contribution in [3.63, 3.8) is 0 Å². The molecule has 0 spiro atoms. The number of carboxylic acids is 1. The van der Waals surface area contributed by atoms with Crippen LogP contribution in [-0.4, -0.2) is 65.7 Å². The Bertz CT molecular complexity index is 352. The first-order chi connectivity index (χ1) is 9.85. The molecule has 1 atom stereocenters. The second-order valence-corrected chi connectivity index (χ2v) is 6.25. The fraction of sp³-hybridized carbons (Fsp3) is 0.867. The third-order valence-electron chi connectivity index (χ3n) is 4.18. The van der Waals surface area contributed by atoms with E-state index >= 15 is 0 Å². The van der Waals surface area contributed by atoms with E-state index in [4.69, 9.17) is 0 Å². The molecule has 0 saturated carbocycles. The number of hydrogen-bond donors (Lipinski definition) is 2. The number of likely N-dealkylation sites (tertiary alicyclic amines) is 1. The largest absolute Gasteiger partial charge is 0.480 e. The first kappa shape index (κ1) is 17.8. The number of nitrogens with zero attached hydrogens (tertiary/aromatic N) is 2. The van der Waals surface area contributed by atoms with E-state index in [9.17, 15) is 14.7 Å². The molecule has 2 N–H and O–H groups in total. The molecule has 0 aromatic rings. The maximum atomic E-state index is 12.2. The molecule has 1 fully saturated rings. The number of rotatable bonds is 6. The lowest BCUT2D eigenvalue weighted by molar-refractivity contribution is -0.139. The minimum atomic E-state index is -0.966. The van der Waals surface area contributed by atoms with Crippen LogP contribution in [0.25, 0.3) is 0 Å². The van der Waals surface area contributed by atoms with Gasteiger partial charge in [0.05, 0.1) is 0 Å². The number of urea groups is 1. The molecule has 6 heteroatoms. The van der Waals surface area contributed by atoms with Gasteiger partial charge in [0.25, 0.3) is 0 Å². The van der Waals surface area contributed by atoms with Crippen molar-refractivity contribution in [2.24, 2.45) is 5.92 Å². The topological polar surface area (TPSA) is 72.9 Å². The number of aliphatic carboxylic acids is 1. The van der Waals surface area contributed by atoms with Crippen molar-refractivity contribution in [1.29, 1.82) is 0 Å². The van der Waals surface area contributed by atoms with Gasteiger partial charge in [-0.1, -0.05) is 20.8 Å². The van der Waals surface area contributed by atoms with Crippen molar-refractivity contribution < 1.29 is 14.7 Å². The van der Waals surface area contributed by atoms with Gasteiger partial charge < -0.3 is 20.2 Å². The smallest absolute Gasteiger partial charge is 0.326 e. The highest BCUT2D eigenvalue weighted by Crippen LogP contribution is 2.15. The van der Waals surface area contributed by atoms with Crippen molar-refractivity contribution in [3.8, 4) is 0 Å². The van der Waals surface area contributed by atoms with Crippen LogP contribution in [-0.2, 0) is 4.79 Å². The van der Waals surface area contributed by atoms with Crippen LogP contribution in [0.15, 0.2) is 0 Å². The van der Waals surface area contributed by atoms with Crippen LogP contribution in [0.5, 0.6) is 0 Å². The number of amides is 2. The standard InChI is InChI=1S/C15H29N3O3/c1-5-18-8-6-12(7-9-18)17(4)15(21)16-13(14(19)20)10-11(2)3/h11-13H,5-10H2,1-4H3,(H,16,21)(H,19,20)/t13-/m0/s1. The minimum absolute atomic E-state index is 0.196. The molecule has 1 heterocycles. The molecule has 0 aromatic carbocycles. The molecule has 2 amide bonds. The number of piperidine rings is 1. The van der Waals surface area contributed by atoms with Crippen LogP contribution in [0.3, 0.4) is 0 Å². The van der Waals surface area contributed by atoms with Crippen LogP contribution < -0.4 is 5.32 Å². The zero-order valence-electron chi connectivity index (χ0n) is 13.6. The zero-order valence-corrected chi connectivity index (χ0v) is 13.6. The number of hydrogen-bond acceptors (Lipinski definition) is 3. The van der Waals surface area contributed by atoms with Gasteiger partial charge in [0, 0.05) is 26.2 Å².